The van der Waals surface area contributed by atoms with Crippen molar-refractivity contribution in [2.75, 3.05) is 10.0 Å². The van der Waals surface area contributed by atoms with E-state index < -0.39 is 16.0 Å². The molecule has 2 aromatic rings. The molecular formula is C21H25ClN2O4S. The first-order chi connectivity index (χ1) is 13.7. The number of anilines is 2. The summed E-state index contributed by atoms with van der Waals surface area (Å²) in [4.78, 5) is 12.3. The molecule has 0 spiro atoms. The van der Waals surface area contributed by atoms with Crippen LogP contribution in [0, 0.1) is 0 Å². The minimum absolute atomic E-state index is 0.0116. The first-order valence-electron chi connectivity index (χ1n) is 9.64. The SMILES string of the molecule is CC(C)OC(=O)c1ccc(NC2CCCC2)c(S(=O)(=O)Nc2ccc(Cl)cc2)c1. The molecule has 8 heteroatoms. The van der Waals surface area contributed by atoms with E-state index >= 15 is 0 Å². The molecule has 0 unspecified atom stereocenters. The third kappa shape index (κ3) is 5.64. The Morgan fingerprint density at radius 2 is 1.76 bits per heavy atom. The van der Waals surface area contributed by atoms with Gasteiger partial charge in [-0.1, -0.05) is 24.4 Å². The lowest BCUT2D eigenvalue weighted by atomic mass is 10.1. The second-order valence-electron chi connectivity index (χ2n) is 7.40. The van der Waals surface area contributed by atoms with Gasteiger partial charge in [-0.25, -0.2) is 13.2 Å². The van der Waals surface area contributed by atoms with Crippen molar-refractivity contribution in [3.8, 4) is 0 Å². The van der Waals surface area contributed by atoms with Gasteiger partial charge in [0.25, 0.3) is 10.0 Å². The molecule has 0 saturated heterocycles. The number of halogens is 1. The molecule has 0 heterocycles. The van der Waals surface area contributed by atoms with Crippen molar-refractivity contribution in [1.82, 2.24) is 0 Å². The topological polar surface area (TPSA) is 84.5 Å². The monoisotopic (exact) mass is 436 g/mol. The van der Waals surface area contributed by atoms with E-state index in [0.717, 1.165) is 25.7 Å². The van der Waals surface area contributed by atoms with E-state index in [1.54, 1.807) is 50.2 Å². The Labute approximate surface area is 176 Å². The Balaban J connectivity index is 1.96. The highest BCUT2D eigenvalue weighted by atomic mass is 35.5. The number of hydrogen-bond acceptors (Lipinski definition) is 5. The van der Waals surface area contributed by atoms with Gasteiger partial charge in [-0.05, 0) is 69.2 Å². The van der Waals surface area contributed by atoms with Crippen LogP contribution in [0.25, 0.3) is 0 Å². The molecule has 0 atom stereocenters. The normalized spacial score (nSPS) is 14.8. The summed E-state index contributed by atoms with van der Waals surface area (Å²) in [6.07, 6.45) is 3.90. The number of rotatable bonds is 7. The van der Waals surface area contributed by atoms with Gasteiger partial charge in [-0.2, -0.15) is 0 Å². The molecule has 0 bridgehead atoms. The fraction of sp³-hybridized carbons (Fsp3) is 0.381. The average Bonchev–Trinajstić information content (AvgIpc) is 3.16. The maximum Gasteiger partial charge on any atom is 0.338 e. The molecule has 1 saturated carbocycles. The summed E-state index contributed by atoms with van der Waals surface area (Å²) >= 11 is 5.88. The molecule has 0 aliphatic heterocycles. The third-order valence-electron chi connectivity index (χ3n) is 4.66. The second-order valence-corrected chi connectivity index (χ2v) is 9.49. The molecule has 29 heavy (non-hydrogen) atoms. The van der Waals surface area contributed by atoms with Gasteiger partial charge in [0.2, 0.25) is 0 Å². The Hall–Kier alpha value is -2.25. The molecule has 0 amide bonds. The molecule has 1 fully saturated rings. The van der Waals surface area contributed by atoms with Crippen LogP contribution in [0.4, 0.5) is 11.4 Å². The largest absolute Gasteiger partial charge is 0.459 e. The molecule has 2 N–H and O–H groups in total. The number of ether oxygens (including phenoxy) is 1. The highest BCUT2D eigenvalue weighted by Crippen LogP contribution is 2.30. The first kappa shape index (κ1) is 21.5. The van der Waals surface area contributed by atoms with Gasteiger partial charge in [0.05, 0.1) is 17.4 Å². The first-order valence-corrected chi connectivity index (χ1v) is 11.5. The average molecular weight is 437 g/mol. The lowest BCUT2D eigenvalue weighted by Gasteiger charge is -2.19. The van der Waals surface area contributed by atoms with Crippen molar-refractivity contribution < 1.29 is 17.9 Å². The van der Waals surface area contributed by atoms with E-state index in [1.807, 2.05) is 0 Å². The van der Waals surface area contributed by atoms with Crippen molar-refractivity contribution in [2.24, 2.45) is 0 Å². The van der Waals surface area contributed by atoms with Gasteiger partial charge >= 0.3 is 5.97 Å². The molecule has 2 aromatic carbocycles. The Kier molecular flexibility index (Phi) is 6.70. The number of carbonyl (C=O) groups is 1. The van der Waals surface area contributed by atoms with E-state index in [1.165, 1.54) is 6.07 Å². The zero-order chi connectivity index (χ0) is 21.0. The van der Waals surface area contributed by atoms with Crippen LogP contribution >= 0.6 is 11.6 Å². The third-order valence-corrected chi connectivity index (χ3v) is 6.33. The summed E-state index contributed by atoms with van der Waals surface area (Å²) in [5, 5.41) is 3.83. The van der Waals surface area contributed by atoms with Crippen LogP contribution in [0.3, 0.4) is 0 Å². The summed E-state index contributed by atoms with van der Waals surface area (Å²) < 4.78 is 34.1. The number of sulfonamides is 1. The number of carbonyl (C=O) groups excluding carboxylic acids is 1. The molecule has 1 aliphatic carbocycles. The quantitative estimate of drug-likeness (QED) is 0.592. The Bertz CT molecular complexity index is 969. The van der Waals surface area contributed by atoms with Crippen LogP contribution < -0.4 is 10.0 Å². The Morgan fingerprint density at radius 1 is 1.10 bits per heavy atom. The van der Waals surface area contributed by atoms with Crippen LogP contribution in [0.2, 0.25) is 5.02 Å². The highest BCUT2D eigenvalue weighted by molar-refractivity contribution is 7.92. The number of esters is 1. The standard InChI is InChI=1S/C21H25ClN2O4S/c1-14(2)28-21(25)15-7-12-19(23-17-5-3-4-6-17)20(13-15)29(26,27)24-18-10-8-16(22)9-11-18/h7-14,17,23-24H,3-6H2,1-2H3. The fourth-order valence-electron chi connectivity index (χ4n) is 3.29. The van der Waals surface area contributed by atoms with Crippen molar-refractivity contribution in [3.63, 3.8) is 0 Å². The zero-order valence-electron chi connectivity index (χ0n) is 16.4. The summed E-state index contributed by atoms with van der Waals surface area (Å²) in [7, 11) is -3.95. The number of hydrogen-bond donors (Lipinski definition) is 2. The van der Waals surface area contributed by atoms with Gasteiger partial charge < -0.3 is 10.1 Å². The molecule has 3 rings (SSSR count). The van der Waals surface area contributed by atoms with Crippen LogP contribution in [-0.4, -0.2) is 26.5 Å². The van der Waals surface area contributed by atoms with Crippen LogP contribution in [0.5, 0.6) is 0 Å². The molecule has 156 valence electrons. The smallest absolute Gasteiger partial charge is 0.338 e. The summed E-state index contributed by atoms with van der Waals surface area (Å²) in [5.74, 6) is -0.560. The minimum atomic E-state index is -3.95. The van der Waals surface area contributed by atoms with E-state index in [0.29, 0.717) is 16.4 Å². The predicted molar refractivity (Wildman–Crippen MR) is 115 cm³/mol. The molecular weight excluding hydrogens is 412 g/mol. The predicted octanol–water partition coefficient (Wildman–Crippen LogP) is 5.06. The second kappa shape index (κ2) is 9.05. The molecule has 0 radical (unpaired) electrons. The summed E-state index contributed by atoms with van der Waals surface area (Å²) in [6.45, 7) is 3.49. The van der Waals surface area contributed by atoms with Gasteiger partial charge in [-0.15, -0.1) is 0 Å². The number of nitrogens with one attached hydrogen (secondary N) is 2. The van der Waals surface area contributed by atoms with Gasteiger partial charge in [0.15, 0.2) is 0 Å². The Morgan fingerprint density at radius 3 is 2.38 bits per heavy atom. The van der Waals surface area contributed by atoms with E-state index in [2.05, 4.69) is 10.0 Å². The maximum absolute atomic E-state index is 13.1. The lowest BCUT2D eigenvalue weighted by molar-refractivity contribution is 0.0377. The van der Waals surface area contributed by atoms with E-state index in [4.69, 9.17) is 16.3 Å². The van der Waals surface area contributed by atoms with Crippen LogP contribution in [-0.2, 0) is 14.8 Å². The van der Waals surface area contributed by atoms with Crippen LogP contribution in [0.1, 0.15) is 49.9 Å². The van der Waals surface area contributed by atoms with E-state index in [9.17, 15) is 13.2 Å². The fourth-order valence-corrected chi connectivity index (χ4v) is 4.67. The van der Waals surface area contributed by atoms with Gasteiger partial charge in [0.1, 0.15) is 4.90 Å². The highest BCUT2D eigenvalue weighted by Gasteiger charge is 2.24. The minimum Gasteiger partial charge on any atom is -0.459 e. The van der Waals surface area contributed by atoms with Gasteiger partial charge in [0, 0.05) is 16.8 Å². The summed E-state index contributed by atoms with van der Waals surface area (Å²) in [6, 6.07) is 11.2. The van der Waals surface area contributed by atoms with Crippen molar-refractivity contribution in [1.29, 1.82) is 0 Å². The van der Waals surface area contributed by atoms with E-state index in [-0.39, 0.29) is 22.6 Å². The molecule has 0 aromatic heterocycles. The van der Waals surface area contributed by atoms with Crippen LogP contribution in [0.15, 0.2) is 47.4 Å². The molecule has 6 nitrogen and oxygen atoms in total. The lowest BCUT2D eigenvalue weighted by Crippen LogP contribution is -2.21. The van der Waals surface area contributed by atoms with Crippen molar-refractivity contribution >= 4 is 39.0 Å². The van der Waals surface area contributed by atoms with Gasteiger partial charge in [-0.3, -0.25) is 4.72 Å². The molecule has 1 aliphatic rings. The van der Waals surface area contributed by atoms with Crippen molar-refractivity contribution in [3.05, 3.63) is 53.1 Å². The van der Waals surface area contributed by atoms with Crippen molar-refractivity contribution in [2.45, 2.75) is 56.6 Å². The summed E-state index contributed by atoms with van der Waals surface area (Å²) in [5.41, 5.74) is 1.04. The maximum atomic E-state index is 13.1. The zero-order valence-corrected chi connectivity index (χ0v) is 18.0. The number of benzene rings is 2.